The fourth-order valence-corrected chi connectivity index (χ4v) is 0.905. The molecule has 1 heterocycles. The number of aromatic nitrogens is 2. The van der Waals surface area contributed by atoms with Gasteiger partial charge < -0.3 is 15.8 Å². The summed E-state index contributed by atoms with van der Waals surface area (Å²) >= 11 is 0. The van der Waals surface area contributed by atoms with Crippen LogP contribution in [0, 0.1) is 0 Å². The van der Waals surface area contributed by atoms with E-state index in [0.717, 1.165) is 0 Å². The molecule has 1 atom stereocenters. The highest BCUT2D eigenvalue weighted by Crippen LogP contribution is 2.02. The fourth-order valence-electron chi connectivity index (χ4n) is 0.905. The SMILES string of the molecule is COC(=O)c1cnc(NC(C)CN)nc1. The van der Waals surface area contributed by atoms with E-state index < -0.39 is 5.97 Å². The molecule has 0 fully saturated rings. The molecule has 0 aliphatic rings. The van der Waals surface area contributed by atoms with Gasteiger partial charge in [0.05, 0.1) is 12.7 Å². The molecule has 1 rings (SSSR count). The highest BCUT2D eigenvalue weighted by atomic mass is 16.5. The first kappa shape index (κ1) is 11.4. The van der Waals surface area contributed by atoms with Crippen LogP contribution >= 0.6 is 0 Å². The summed E-state index contributed by atoms with van der Waals surface area (Å²) in [5.74, 6) is -0.00553. The first-order valence-electron chi connectivity index (χ1n) is 4.54. The molecule has 0 bridgehead atoms. The van der Waals surface area contributed by atoms with Crippen molar-refractivity contribution in [1.82, 2.24) is 9.97 Å². The number of nitrogens with zero attached hydrogens (tertiary/aromatic N) is 2. The van der Waals surface area contributed by atoms with Crippen LogP contribution in [0.15, 0.2) is 12.4 Å². The van der Waals surface area contributed by atoms with Gasteiger partial charge in [0.2, 0.25) is 5.95 Å². The van der Waals surface area contributed by atoms with Crippen molar-refractivity contribution in [3.05, 3.63) is 18.0 Å². The number of carbonyl (C=O) groups is 1. The number of ether oxygens (including phenoxy) is 1. The van der Waals surface area contributed by atoms with Crippen molar-refractivity contribution in [2.75, 3.05) is 19.0 Å². The lowest BCUT2D eigenvalue weighted by Crippen LogP contribution is -2.26. The van der Waals surface area contributed by atoms with Crippen LogP contribution in [0.1, 0.15) is 17.3 Å². The predicted molar refractivity (Wildman–Crippen MR) is 55.5 cm³/mol. The minimum Gasteiger partial charge on any atom is -0.465 e. The van der Waals surface area contributed by atoms with Crippen molar-refractivity contribution in [3.8, 4) is 0 Å². The average Bonchev–Trinajstić information content (AvgIpc) is 2.29. The Morgan fingerprint density at radius 2 is 2.20 bits per heavy atom. The molecule has 0 aliphatic heterocycles. The van der Waals surface area contributed by atoms with Gasteiger partial charge in [-0.3, -0.25) is 0 Å². The first-order valence-corrected chi connectivity index (χ1v) is 4.54. The second kappa shape index (κ2) is 5.26. The molecular formula is C9H14N4O2. The van der Waals surface area contributed by atoms with E-state index in [0.29, 0.717) is 18.1 Å². The normalized spacial score (nSPS) is 11.9. The molecule has 1 unspecified atom stereocenters. The summed E-state index contributed by atoms with van der Waals surface area (Å²) in [5.41, 5.74) is 5.75. The lowest BCUT2D eigenvalue weighted by Gasteiger charge is -2.10. The molecule has 0 spiro atoms. The van der Waals surface area contributed by atoms with Crippen LogP contribution in [0.4, 0.5) is 5.95 Å². The van der Waals surface area contributed by atoms with Gasteiger partial charge in [0.1, 0.15) is 0 Å². The number of esters is 1. The van der Waals surface area contributed by atoms with Crippen LogP contribution in [0.3, 0.4) is 0 Å². The second-order valence-electron chi connectivity index (χ2n) is 3.07. The molecule has 1 aromatic heterocycles. The number of anilines is 1. The zero-order chi connectivity index (χ0) is 11.3. The number of hydrogen-bond acceptors (Lipinski definition) is 6. The Bertz CT molecular complexity index is 325. The summed E-state index contributed by atoms with van der Waals surface area (Å²) in [5, 5.41) is 2.98. The molecule has 0 amide bonds. The number of carbonyl (C=O) groups excluding carboxylic acids is 1. The molecule has 15 heavy (non-hydrogen) atoms. The van der Waals surface area contributed by atoms with Gasteiger partial charge in [-0.15, -0.1) is 0 Å². The van der Waals surface area contributed by atoms with Crippen LogP contribution in [0.25, 0.3) is 0 Å². The standard InChI is InChI=1S/C9H14N4O2/c1-6(3-10)13-9-11-4-7(5-12-9)8(14)15-2/h4-6H,3,10H2,1-2H3,(H,11,12,13). The molecule has 0 aliphatic carbocycles. The highest BCUT2D eigenvalue weighted by Gasteiger charge is 2.07. The van der Waals surface area contributed by atoms with Gasteiger partial charge in [-0.25, -0.2) is 14.8 Å². The van der Waals surface area contributed by atoms with Crippen LogP contribution in [0.2, 0.25) is 0 Å². The number of rotatable bonds is 4. The van der Waals surface area contributed by atoms with Gasteiger partial charge in [0.15, 0.2) is 0 Å². The molecule has 1 aromatic rings. The third kappa shape index (κ3) is 3.17. The lowest BCUT2D eigenvalue weighted by molar-refractivity contribution is 0.0600. The van der Waals surface area contributed by atoms with Gasteiger partial charge in [0.25, 0.3) is 0 Å². The predicted octanol–water partition coefficient (Wildman–Crippen LogP) is 0.0223. The zero-order valence-corrected chi connectivity index (χ0v) is 8.73. The molecule has 0 saturated carbocycles. The minimum absolute atomic E-state index is 0.0916. The van der Waals surface area contributed by atoms with E-state index in [1.54, 1.807) is 0 Å². The summed E-state index contributed by atoms with van der Waals surface area (Å²) in [7, 11) is 1.31. The maximum absolute atomic E-state index is 11.1. The monoisotopic (exact) mass is 210 g/mol. The fraction of sp³-hybridized carbons (Fsp3) is 0.444. The van der Waals surface area contributed by atoms with Gasteiger partial charge in [-0.2, -0.15) is 0 Å². The van der Waals surface area contributed by atoms with Crippen molar-refractivity contribution in [1.29, 1.82) is 0 Å². The summed E-state index contributed by atoms with van der Waals surface area (Å²) in [6, 6.07) is 0.0916. The van der Waals surface area contributed by atoms with E-state index in [1.807, 2.05) is 6.92 Å². The Kier molecular flexibility index (Phi) is 3.99. The summed E-state index contributed by atoms with van der Waals surface area (Å²) in [6.45, 7) is 2.40. The molecule has 0 aromatic carbocycles. The van der Waals surface area contributed by atoms with E-state index in [9.17, 15) is 4.79 Å². The lowest BCUT2D eigenvalue weighted by atomic mass is 10.3. The van der Waals surface area contributed by atoms with Crippen molar-refractivity contribution in [2.24, 2.45) is 5.73 Å². The molecule has 3 N–H and O–H groups in total. The van der Waals surface area contributed by atoms with Crippen LogP contribution in [-0.2, 0) is 4.74 Å². The number of methoxy groups -OCH3 is 1. The third-order valence-electron chi connectivity index (χ3n) is 1.80. The summed E-state index contributed by atoms with van der Waals surface area (Å²) in [6.07, 6.45) is 2.81. The highest BCUT2D eigenvalue weighted by molar-refractivity contribution is 5.88. The minimum atomic E-state index is -0.451. The Balaban J connectivity index is 2.68. The largest absolute Gasteiger partial charge is 0.465 e. The van der Waals surface area contributed by atoms with Gasteiger partial charge in [-0.1, -0.05) is 0 Å². The Morgan fingerprint density at radius 1 is 1.60 bits per heavy atom. The van der Waals surface area contributed by atoms with E-state index in [1.165, 1.54) is 19.5 Å². The molecule has 0 saturated heterocycles. The van der Waals surface area contributed by atoms with E-state index in [2.05, 4.69) is 20.0 Å². The van der Waals surface area contributed by atoms with Crippen molar-refractivity contribution in [2.45, 2.75) is 13.0 Å². The van der Waals surface area contributed by atoms with Crippen LogP contribution in [-0.4, -0.2) is 35.6 Å². The van der Waals surface area contributed by atoms with Gasteiger partial charge in [-0.05, 0) is 6.92 Å². The Morgan fingerprint density at radius 3 is 2.67 bits per heavy atom. The number of nitrogens with two attached hydrogens (primary N) is 1. The van der Waals surface area contributed by atoms with Crippen LogP contribution in [0.5, 0.6) is 0 Å². The molecule has 6 nitrogen and oxygen atoms in total. The molecule has 6 heteroatoms. The van der Waals surface area contributed by atoms with Crippen molar-refractivity contribution < 1.29 is 9.53 Å². The quantitative estimate of drug-likeness (QED) is 0.681. The Labute approximate surface area is 87.9 Å². The van der Waals surface area contributed by atoms with E-state index in [4.69, 9.17) is 5.73 Å². The van der Waals surface area contributed by atoms with Gasteiger partial charge in [0, 0.05) is 25.0 Å². The molecule has 82 valence electrons. The summed E-state index contributed by atoms with van der Waals surface area (Å²) in [4.78, 5) is 19.0. The number of hydrogen-bond donors (Lipinski definition) is 2. The maximum Gasteiger partial charge on any atom is 0.341 e. The van der Waals surface area contributed by atoms with Crippen molar-refractivity contribution >= 4 is 11.9 Å². The van der Waals surface area contributed by atoms with Crippen LogP contribution < -0.4 is 11.1 Å². The van der Waals surface area contributed by atoms with E-state index >= 15 is 0 Å². The Hall–Kier alpha value is -1.69. The average molecular weight is 210 g/mol. The van der Waals surface area contributed by atoms with Crippen molar-refractivity contribution in [3.63, 3.8) is 0 Å². The third-order valence-corrected chi connectivity index (χ3v) is 1.80. The number of nitrogens with one attached hydrogen (secondary N) is 1. The van der Waals surface area contributed by atoms with Gasteiger partial charge >= 0.3 is 5.97 Å². The molecule has 0 radical (unpaired) electrons. The smallest absolute Gasteiger partial charge is 0.341 e. The second-order valence-corrected chi connectivity index (χ2v) is 3.07. The maximum atomic E-state index is 11.1. The molecular weight excluding hydrogens is 196 g/mol. The summed E-state index contributed by atoms with van der Waals surface area (Å²) < 4.78 is 4.52. The van der Waals surface area contributed by atoms with E-state index in [-0.39, 0.29) is 6.04 Å². The zero-order valence-electron chi connectivity index (χ0n) is 8.73. The first-order chi connectivity index (χ1) is 7.17. The topological polar surface area (TPSA) is 90.1 Å².